The molecule has 0 aliphatic rings. The van der Waals surface area contributed by atoms with E-state index in [1.54, 1.807) is 18.2 Å². The van der Waals surface area contributed by atoms with Gasteiger partial charge in [0.2, 0.25) is 0 Å². The smallest absolute Gasteiger partial charge is 0.257 e. The second-order valence-electron chi connectivity index (χ2n) is 5.79. The second-order valence-corrected chi connectivity index (χ2v) is 5.79. The Morgan fingerprint density at radius 1 is 1.08 bits per heavy atom. The van der Waals surface area contributed by atoms with Crippen LogP contribution in [0.25, 0.3) is 0 Å². The fraction of sp³-hybridized carbons (Fsp3) is 0.250. The molecule has 3 atom stereocenters. The minimum absolute atomic E-state index is 0.151. The predicted molar refractivity (Wildman–Crippen MR) is 95.7 cm³/mol. The molecular formula is C20H23NO4. The largest absolute Gasteiger partial charge is 0.508 e. The Morgan fingerprint density at radius 3 is 2.32 bits per heavy atom. The molecule has 0 saturated carbocycles. The molecular weight excluding hydrogens is 318 g/mol. The van der Waals surface area contributed by atoms with Crippen molar-refractivity contribution in [2.75, 3.05) is 7.11 Å². The Bertz CT molecular complexity index is 697. The van der Waals surface area contributed by atoms with Crippen LogP contribution in [0.4, 0.5) is 0 Å². The normalized spacial score (nSPS) is 14.8. The molecule has 1 unspecified atom stereocenters. The van der Waals surface area contributed by atoms with Crippen molar-refractivity contribution in [3.05, 3.63) is 78.0 Å². The maximum Gasteiger partial charge on any atom is 0.257 e. The SMILES string of the molecule is COC(C(=O)N/C=C/[C@@H](C)[C@@H](O)c1ccc(O)cc1)c1ccccc1. The first-order valence-corrected chi connectivity index (χ1v) is 8.04. The molecule has 2 rings (SSSR count). The van der Waals surface area contributed by atoms with E-state index in [1.165, 1.54) is 25.4 Å². The maximum atomic E-state index is 12.3. The number of carbonyl (C=O) groups is 1. The number of phenols is 1. The van der Waals surface area contributed by atoms with Gasteiger partial charge in [-0.1, -0.05) is 55.5 Å². The molecule has 0 heterocycles. The molecule has 1 amide bonds. The highest BCUT2D eigenvalue weighted by molar-refractivity contribution is 5.83. The molecule has 0 spiro atoms. The van der Waals surface area contributed by atoms with Gasteiger partial charge in [0.05, 0.1) is 6.10 Å². The van der Waals surface area contributed by atoms with Gasteiger partial charge in [0.25, 0.3) is 5.91 Å². The van der Waals surface area contributed by atoms with Gasteiger partial charge < -0.3 is 20.3 Å². The highest BCUT2D eigenvalue weighted by Gasteiger charge is 2.19. The minimum Gasteiger partial charge on any atom is -0.508 e. The Balaban J connectivity index is 1.94. The van der Waals surface area contributed by atoms with Gasteiger partial charge in [-0.25, -0.2) is 0 Å². The van der Waals surface area contributed by atoms with Crippen LogP contribution in [0, 0.1) is 5.92 Å². The van der Waals surface area contributed by atoms with Gasteiger partial charge in [0.15, 0.2) is 6.10 Å². The van der Waals surface area contributed by atoms with Crippen LogP contribution in [-0.2, 0) is 9.53 Å². The fourth-order valence-electron chi connectivity index (χ4n) is 2.46. The first kappa shape index (κ1) is 18.7. The van der Waals surface area contributed by atoms with Crippen molar-refractivity contribution in [3.63, 3.8) is 0 Å². The average molecular weight is 341 g/mol. The molecule has 0 saturated heterocycles. The van der Waals surface area contributed by atoms with Gasteiger partial charge in [0.1, 0.15) is 5.75 Å². The topological polar surface area (TPSA) is 78.8 Å². The van der Waals surface area contributed by atoms with Crippen LogP contribution in [0.2, 0.25) is 0 Å². The van der Waals surface area contributed by atoms with Crippen LogP contribution in [0.1, 0.15) is 30.3 Å². The molecule has 5 heteroatoms. The molecule has 0 aliphatic heterocycles. The molecule has 25 heavy (non-hydrogen) atoms. The number of hydrogen-bond donors (Lipinski definition) is 3. The number of methoxy groups -OCH3 is 1. The van der Waals surface area contributed by atoms with Gasteiger partial charge >= 0.3 is 0 Å². The van der Waals surface area contributed by atoms with Crippen LogP contribution in [0.15, 0.2) is 66.9 Å². The third kappa shape index (κ3) is 5.17. The van der Waals surface area contributed by atoms with Crippen LogP contribution >= 0.6 is 0 Å². The van der Waals surface area contributed by atoms with Crippen LogP contribution in [0.3, 0.4) is 0 Å². The van der Waals surface area contributed by atoms with Gasteiger partial charge in [-0.3, -0.25) is 4.79 Å². The lowest BCUT2D eigenvalue weighted by Gasteiger charge is -2.17. The van der Waals surface area contributed by atoms with E-state index in [2.05, 4.69) is 5.32 Å². The molecule has 0 aromatic heterocycles. The quantitative estimate of drug-likeness (QED) is 0.723. The van der Waals surface area contributed by atoms with E-state index in [9.17, 15) is 15.0 Å². The van der Waals surface area contributed by atoms with Crippen molar-refractivity contribution < 1.29 is 19.7 Å². The zero-order chi connectivity index (χ0) is 18.2. The van der Waals surface area contributed by atoms with Crippen LogP contribution < -0.4 is 5.32 Å². The molecule has 0 radical (unpaired) electrons. The maximum absolute atomic E-state index is 12.3. The predicted octanol–water partition coefficient (Wildman–Crippen LogP) is 3.08. The molecule has 0 fully saturated rings. The van der Waals surface area contributed by atoms with Crippen LogP contribution in [0.5, 0.6) is 5.75 Å². The van der Waals surface area contributed by atoms with E-state index in [0.717, 1.165) is 5.56 Å². The number of ether oxygens (including phenoxy) is 1. The van der Waals surface area contributed by atoms with Gasteiger partial charge in [0, 0.05) is 19.2 Å². The second kappa shape index (κ2) is 9.01. The Kier molecular flexibility index (Phi) is 6.74. The number of carbonyl (C=O) groups excluding carboxylic acids is 1. The standard InChI is InChI=1S/C20H23NO4/c1-14(18(23)15-8-10-17(22)11-9-15)12-13-21-20(24)19(25-2)16-6-4-3-5-7-16/h3-14,18-19,22-23H,1-2H3,(H,21,24)/b13-12+/t14-,18-,19?/m1/s1. The summed E-state index contributed by atoms with van der Waals surface area (Å²) < 4.78 is 5.26. The molecule has 2 aromatic rings. The Hall–Kier alpha value is -2.63. The number of hydrogen-bond acceptors (Lipinski definition) is 4. The summed E-state index contributed by atoms with van der Waals surface area (Å²) in [6.07, 6.45) is 1.81. The highest BCUT2D eigenvalue weighted by atomic mass is 16.5. The number of amides is 1. The zero-order valence-corrected chi connectivity index (χ0v) is 14.3. The summed E-state index contributed by atoms with van der Waals surface area (Å²) >= 11 is 0. The molecule has 3 N–H and O–H groups in total. The van der Waals surface area contributed by atoms with E-state index < -0.39 is 12.2 Å². The van der Waals surface area contributed by atoms with E-state index in [1.807, 2.05) is 37.3 Å². The summed E-state index contributed by atoms with van der Waals surface area (Å²) in [4.78, 5) is 12.3. The Labute approximate surface area is 147 Å². The Morgan fingerprint density at radius 2 is 1.72 bits per heavy atom. The third-order valence-corrected chi connectivity index (χ3v) is 3.93. The molecule has 0 bridgehead atoms. The minimum atomic E-state index is -0.735. The first-order valence-electron chi connectivity index (χ1n) is 8.04. The van der Waals surface area contributed by atoms with E-state index in [0.29, 0.717) is 5.56 Å². The number of phenolic OH excluding ortho intramolecular Hbond substituents is 1. The highest BCUT2D eigenvalue weighted by Crippen LogP contribution is 2.24. The number of nitrogens with one attached hydrogen (secondary N) is 1. The summed E-state index contributed by atoms with van der Waals surface area (Å²) in [6.45, 7) is 1.84. The van der Waals surface area contributed by atoms with Crippen molar-refractivity contribution in [3.8, 4) is 5.75 Å². The molecule has 132 valence electrons. The molecule has 2 aromatic carbocycles. The summed E-state index contributed by atoms with van der Waals surface area (Å²) in [5.74, 6) is -0.350. The van der Waals surface area contributed by atoms with Crippen LogP contribution in [-0.4, -0.2) is 23.2 Å². The monoisotopic (exact) mass is 341 g/mol. The van der Waals surface area contributed by atoms with Crippen molar-refractivity contribution in [1.82, 2.24) is 5.32 Å². The number of rotatable bonds is 7. The van der Waals surface area contributed by atoms with Gasteiger partial charge in [-0.2, -0.15) is 0 Å². The van der Waals surface area contributed by atoms with Crippen molar-refractivity contribution >= 4 is 5.91 Å². The van der Waals surface area contributed by atoms with E-state index in [4.69, 9.17) is 4.74 Å². The van der Waals surface area contributed by atoms with E-state index in [-0.39, 0.29) is 17.6 Å². The van der Waals surface area contributed by atoms with Crippen molar-refractivity contribution in [2.45, 2.75) is 19.1 Å². The molecule has 5 nitrogen and oxygen atoms in total. The van der Waals surface area contributed by atoms with Gasteiger partial charge in [-0.15, -0.1) is 0 Å². The third-order valence-electron chi connectivity index (χ3n) is 3.93. The summed E-state index contributed by atoms with van der Waals surface area (Å²) in [7, 11) is 1.48. The number of aliphatic hydroxyl groups is 1. The number of aliphatic hydroxyl groups excluding tert-OH is 1. The van der Waals surface area contributed by atoms with Crippen molar-refractivity contribution in [1.29, 1.82) is 0 Å². The lowest BCUT2D eigenvalue weighted by atomic mass is 9.97. The van der Waals surface area contributed by atoms with Gasteiger partial charge in [-0.05, 0) is 23.3 Å². The number of aromatic hydroxyl groups is 1. The summed E-state index contributed by atoms with van der Waals surface area (Å²) in [5.41, 5.74) is 1.47. The summed E-state index contributed by atoms with van der Waals surface area (Å²) in [5, 5.41) is 22.3. The zero-order valence-electron chi connectivity index (χ0n) is 14.3. The average Bonchev–Trinajstić information content (AvgIpc) is 2.63. The molecule has 0 aliphatic carbocycles. The summed E-state index contributed by atoms with van der Waals surface area (Å²) in [6, 6.07) is 15.6. The first-order chi connectivity index (χ1) is 12.0. The van der Waals surface area contributed by atoms with E-state index >= 15 is 0 Å². The van der Waals surface area contributed by atoms with Crippen molar-refractivity contribution in [2.24, 2.45) is 5.92 Å². The fourth-order valence-corrected chi connectivity index (χ4v) is 2.46. The number of benzene rings is 2. The lowest BCUT2D eigenvalue weighted by Crippen LogP contribution is -2.26. The lowest BCUT2D eigenvalue weighted by molar-refractivity contribution is -0.130.